The van der Waals surface area contributed by atoms with Gasteiger partial charge in [0.2, 0.25) is 0 Å². The summed E-state index contributed by atoms with van der Waals surface area (Å²) in [5.74, 6) is -1.82. The lowest BCUT2D eigenvalue weighted by molar-refractivity contribution is -0.275. The highest BCUT2D eigenvalue weighted by molar-refractivity contribution is 8.13. The van der Waals surface area contributed by atoms with Crippen LogP contribution in [-0.4, -0.2) is 19.8 Å². The Bertz CT molecular complexity index is 605. The molecule has 0 amide bonds. The fourth-order valence-corrected chi connectivity index (χ4v) is 2.40. The highest BCUT2D eigenvalue weighted by Crippen LogP contribution is 2.35. The maximum absolute atomic E-state index is 12.7. The zero-order valence-corrected chi connectivity index (χ0v) is 11.4. The Balaban J connectivity index is 3.54. The molecular formula is C8H4Cl2F5NO3S. The maximum Gasteiger partial charge on any atom is 0.573 e. The van der Waals surface area contributed by atoms with Crippen LogP contribution in [0.3, 0.4) is 0 Å². The Morgan fingerprint density at radius 1 is 1.35 bits per heavy atom. The SMILES string of the molecule is O=S(=O)(Cl)c1nc(CCl)c(OC(F)(F)F)cc1C(F)F. The van der Waals surface area contributed by atoms with E-state index in [1.165, 1.54) is 0 Å². The van der Waals surface area contributed by atoms with Gasteiger partial charge < -0.3 is 4.74 Å². The second-order valence-corrected chi connectivity index (χ2v) is 6.00. The minimum atomic E-state index is -5.18. The molecule has 0 saturated heterocycles. The molecule has 12 heteroatoms. The van der Waals surface area contributed by atoms with Crippen molar-refractivity contribution < 1.29 is 35.1 Å². The Morgan fingerprint density at radius 3 is 2.25 bits per heavy atom. The minimum absolute atomic E-state index is 0.193. The van der Waals surface area contributed by atoms with Crippen LogP contribution in [0.5, 0.6) is 5.75 Å². The number of alkyl halides is 6. The van der Waals surface area contributed by atoms with Gasteiger partial charge in [0, 0.05) is 10.7 Å². The van der Waals surface area contributed by atoms with E-state index in [-0.39, 0.29) is 6.07 Å². The molecule has 0 aromatic carbocycles. The normalized spacial score (nSPS) is 12.8. The number of rotatable bonds is 4. The summed E-state index contributed by atoms with van der Waals surface area (Å²) in [7, 11) is 0.207. The predicted octanol–water partition coefficient (Wildman–Crippen LogP) is 3.58. The van der Waals surface area contributed by atoms with Crippen molar-refractivity contribution in [2.75, 3.05) is 0 Å². The summed E-state index contributed by atoms with van der Waals surface area (Å²) in [5.41, 5.74) is -2.00. The van der Waals surface area contributed by atoms with E-state index in [0.717, 1.165) is 0 Å². The molecule has 0 aliphatic rings. The topological polar surface area (TPSA) is 56.3 Å². The van der Waals surface area contributed by atoms with Crippen molar-refractivity contribution in [2.24, 2.45) is 0 Å². The molecule has 0 atom stereocenters. The van der Waals surface area contributed by atoms with E-state index in [9.17, 15) is 30.4 Å². The van der Waals surface area contributed by atoms with E-state index in [2.05, 4.69) is 9.72 Å². The summed E-state index contributed by atoms with van der Waals surface area (Å²) in [6, 6.07) is 0.193. The van der Waals surface area contributed by atoms with Crippen molar-refractivity contribution in [2.45, 2.75) is 23.7 Å². The zero-order chi connectivity index (χ0) is 15.7. The third-order valence-electron chi connectivity index (χ3n) is 1.87. The quantitative estimate of drug-likeness (QED) is 0.468. The van der Waals surface area contributed by atoms with Crippen LogP contribution in [0.25, 0.3) is 0 Å². The molecule has 0 aliphatic carbocycles. The summed E-state index contributed by atoms with van der Waals surface area (Å²) < 4.78 is 87.3. The zero-order valence-electron chi connectivity index (χ0n) is 9.09. The van der Waals surface area contributed by atoms with Crippen LogP contribution in [0.15, 0.2) is 11.1 Å². The molecule has 1 aromatic heterocycles. The molecule has 114 valence electrons. The van der Waals surface area contributed by atoms with Crippen LogP contribution in [0.4, 0.5) is 22.0 Å². The largest absolute Gasteiger partial charge is 0.573 e. The van der Waals surface area contributed by atoms with Crippen molar-refractivity contribution >= 4 is 31.3 Å². The lowest BCUT2D eigenvalue weighted by Gasteiger charge is -2.14. The summed E-state index contributed by atoms with van der Waals surface area (Å²) in [6.45, 7) is 0. The van der Waals surface area contributed by atoms with Crippen LogP contribution in [-0.2, 0) is 14.9 Å². The molecule has 20 heavy (non-hydrogen) atoms. The number of nitrogens with zero attached hydrogens (tertiary/aromatic N) is 1. The highest BCUT2D eigenvalue weighted by atomic mass is 35.7. The molecule has 0 unspecified atom stereocenters. The number of pyridine rings is 1. The molecule has 0 bridgehead atoms. The molecular weight excluding hydrogens is 356 g/mol. The number of ether oxygens (including phenoxy) is 1. The fourth-order valence-electron chi connectivity index (χ4n) is 1.19. The summed E-state index contributed by atoms with van der Waals surface area (Å²) in [4.78, 5) is 3.11. The van der Waals surface area contributed by atoms with Crippen LogP contribution in [0.2, 0.25) is 0 Å². The van der Waals surface area contributed by atoms with Gasteiger partial charge in [-0.1, -0.05) is 0 Å². The van der Waals surface area contributed by atoms with Gasteiger partial charge in [0.25, 0.3) is 15.5 Å². The number of halogens is 7. The average molecular weight is 360 g/mol. The van der Waals surface area contributed by atoms with Crippen molar-refractivity contribution in [3.63, 3.8) is 0 Å². The molecule has 1 aromatic rings. The highest BCUT2D eigenvalue weighted by Gasteiger charge is 2.34. The Kier molecular flexibility index (Phi) is 5.03. The lowest BCUT2D eigenvalue weighted by Crippen LogP contribution is -2.19. The van der Waals surface area contributed by atoms with E-state index in [1.54, 1.807) is 0 Å². The second kappa shape index (κ2) is 5.86. The van der Waals surface area contributed by atoms with Gasteiger partial charge in [-0.15, -0.1) is 24.8 Å². The standard InChI is InChI=1S/C8H4Cl2F5NO3S/c9-2-4-5(19-8(13,14)15)1-3(6(11)12)7(16-4)20(10,17)18/h1,6H,2H2. The Labute approximate surface area is 118 Å². The smallest absolute Gasteiger partial charge is 0.404 e. The van der Waals surface area contributed by atoms with Gasteiger partial charge in [0.05, 0.1) is 17.1 Å². The minimum Gasteiger partial charge on any atom is -0.404 e. The summed E-state index contributed by atoms with van der Waals surface area (Å²) in [5, 5.41) is -1.26. The van der Waals surface area contributed by atoms with Gasteiger partial charge in [0.1, 0.15) is 0 Å². The van der Waals surface area contributed by atoms with Crippen molar-refractivity contribution in [3.05, 3.63) is 17.3 Å². The monoisotopic (exact) mass is 359 g/mol. The first-order valence-corrected chi connectivity index (χ1v) is 7.38. The van der Waals surface area contributed by atoms with E-state index in [0.29, 0.717) is 0 Å². The summed E-state index contributed by atoms with van der Waals surface area (Å²) >= 11 is 5.28. The van der Waals surface area contributed by atoms with Gasteiger partial charge >= 0.3 is 6.36 Å². The van der Waals surface area contributed by atoms with Crippen molar-refractivity contribution in [1.82, 2.24) is 4.98 Å². The van der Waals surface area contributed by atoms with E-state index in [4.69, 9.17) is 22.3 Å². The molecule has 1 rings (SSSR count). The van der Waals surface area contributed by atoms with Crippen molar-refractivity contribution in [3.8, 4) is 5.75 Å². The number of hydrogen-bond donors (Lipinski definition) is 0. The Morgan fingerprint density at radius 2 is 1.90 bits per heavy atom. The van der Waals surface area contributed by atoms with Crippen LogP contribution in [0.1, 0.15) is 17.7 Å². The lowest BCUT2D eigenvalue weighted by atomic mass is 10.2. The summed E-state index contributed by atoms with van der Waals surface area (Å²) in [6.07, 6.45) is -8.60. The van der Waals surface area contributed by atoms with E-state index < -0.39 is 49.8 Å². The number of hydrogen-bond acceptors (Lipinski definition) is 4. The Hall–Kier alpha value is -0.870. The van der Waals surface area contributed by atoms with Gasteiger partial charge in [-0.25, -0.2) is 22.2 Å². The maximum atomic E-state index is 12.7. The van der Waals surface area contributed by atoms with Crippen LogP contribution < -0.4 is 4.74 Å². The fraction of sp³-hybridized carbons (Fsp3) is 0.375. The average Bonchev–Trinajstić information content (AvgIpc) is 2.24. The van der Waals surface area contributed by atoms with E-state index >= 15 is 0 Å². The molecule has 4 nitrogen and oxygen atoms in total. The number of aromatic nitrogens is 1. The molecule has 0 radical (unpaired) electrons. The molecule has 0 spiro atoms. The second-order valence-electron chi connectivity index (χ2n) is 3.25. The molecule has 1 heterocycles. The van der Waals surface area contributed by atoms with E-state index in [1.807, 2.05) is 0 Å². The first-order chi connectivity index (χ1) is 8.95. The third kappa shape index (κ3) is 4.32. The molecule has 0 N–H and O–H groups in total. The molecule has 0 aliphatic heterocycles. The van der Waals surface area contributed by atoms with Crippen molar-refractivity contribution in [1.29, 1.82) is 0 Å². The molecule has 0 fully saturated rings. The van der Waals surface area contributed by atoms with Gasteiger partial charge in [-0.05, 0) is 6.07 Å². The van der Waals surface area contributed by atoms with Gasteiger partial charge in [-0.3, -0.25) is 0 Å². The van der Waals surface area contributed by atoms with Crippen LogP contribution in [0, 0.1) is 0 Å². The first-order valence-electron chi connectivity index (χ1n) is 4.54. The van der Waals surface area contributed by atoms with Gasteiger partial charge in [-0.2, -0.15) is 0 Å². The van der Waals surface area contributed by atoms with Crippen LogP contribution >= 0.6 is 22.3 Å². The first kappa shape index (κ1) is 17.2. The molecule has 0 saturated carbocycles. The third-order valence-corrected chi connectivity index (χ3v) is 3.35. The predicted molar refractivity (Wildman–Crippen MR) is 58.5 cm³/mol. The van der Waals surface area contributed by atoms with Gasteiger partial charge in [0.15, 0.2) is 10.8 Å².